The van der Waals surface area contributed by atoms with Gasteiger partial charge in [0.2, 0.25) is 0 Å². The number of hydrogen-bond acceptors (Lipinski definition) is 2. The van der Waals surface area contributed by atoms with Crippen LogP contribution < -0.4 is 4.74 Å². The fraction of sp³-hybridized carbons (Fsp3) is 0.308. The molecule has 2 nitrogen and oxygen atoms in total. The van der Waals surface area contributed by atoms with Crippen LogP contribution in [0.25, 0.3) is 10.9 Å². The fourth-order valence-corrected chi connectivity index (χ4v) is 1.75. The van der Waals surface area contributed by atoms with E-state index < -0.39 is 0 Å². The topological polar surface area (TPSA) is 22.1 Å². The average Bonchev–Trinajstić information content (AvgIpc) is 2.28. The molecule has 0 saturated heterocycles. The van der Waals surface area contributed by atoms with Crippen LogP contribution in [0.15, 0.2) is 30.3 Å². The van der Waals surface area contributed by atoms with Crippen LogP contribution >= 0.6 is 0 Å². The molecule has 2 heteroatoms. The Morgan fingerprint density at radius 3 is 2.80 bits per heavy atom. The predicted octanol–water partition coefficient (Wildman–Crippen LogP) is 3.20. The monoisotopic (exact) mass is 201 g/mol. The fourth-order valence-electron chi connectivity index (χ4n) is 1.75. The van der Waals surface area contributed by atoms with Gasteiger partial charge in [-0.25, -0.2) is 0 Å². The standard InChI is InChI=1S/C13H15NO/c1-3-6-10-9-13(15-2)11-7-4-5-8-12(11)14-10/h4-5,7-9H,3,6H2,1-2H3. The van der Waals surface area contributed by atoms with Crippen molar-refractivity contribution in [1.82, 2.24) is 4.98 Å². The number of nitrogens with zero attached hydrogens (tertiary/aromatic N) is 1. The number of rotatable bonds is 3. The van der Waals surface area contributed by atoms with Crippen LogP contribution in [-0.4, -0.2) is 12.1 Å². The number of ether oxygens (including phenoxy) is 1. The largest absolute Gasteiger partial charge is 0.496 e. The molecule has 2 aromatic rings. The molecule has 78 valence electrons. The first-order valence-electron chi connectivity index (χ1n) is 5.27. The summed E-state index contributed by atoms with van der Waals surface area (Å²) in [6, 6.07) is 10.1. The van der Waals surface area contributed by atoms with Crippen molar-refractivity contribution >= 4 is 10.9 Å². The lowest BCUT2D eigenvalue weighted by Gasteiger charge is -2.07. The van der Waals surface area contributed by atoms with Crippen molar-refractivity contribution in [2.45, 2.75) is 19.8 Å². The Bertz CT molecular complexity index is 465. The molecule has 0 bridgehead atoms. The zero-order valence-electron chi connectivity index (χ0n) is 9.16. The van der Waals surface area contributed by atoms with E-state index in [0.717, 1.165) is 35.2 Å². The highest BCUT2D eigenvalue weighted by molar-refractivity contribution is 5.85. The zero-order valence-corrected chi connectivity index (χ0v) is 9.16. The second-order valence-corrected chi connectivity index (χ2v) is 3.58. The average molecular weight is 201 g/mol. The summed E-state index contributed by atoms with van der Waals surface area (Å²) in [6.45, 7) is 2.16. The van der Waals surface area contributed by atoms with Crippen LogP contribution in [0.1, 0.15) is 19.0 Å². The third kappa shape index (κ3) is 1.94. The van der Waals surface area contributed by atoms with E-state index in [0.29, 0.717) is 0 Å². The molecule has 1 aromatic heterocycles. The number of pyridine rings is 1. The first-order valence-corrected chi connectivity index (χ1v) is 5.27. The van der Waals surface area contributed by atoms with Gasteiger partial charge in [0.15, 0.2) is 0 Å². The van der Waals surface area contributed by atoms with Gasteiger partial charge in [-0.1, -0.05) is 25.5 Å². The van der Waals surface area contributed by atoms with Crippen LogP contribution in [0, 0.1) is 0 Å². The molecule has 0 saturated carbocycles. The molecule has 0 aliphatic carbocycles. The van der Waals surface area contributed by atoms with Gasteiger partial charge in [-0.2, -0.15) is 0 Å². The number of benzene rings is 1. The van der Waals surface area contributed by atoms with Crippen molar-refractivity contribution in [2.24, 2.45) is 0 Å². The van der Waals surface area contributed by atoms with Crippen molar-refractivity contribution in [3.05, 3.63) is 36.0 Å². The molecule has 0 N–H and O–H groups in total. The summed E-state index contributed by atoms with van der Waals surface area (Å²) < 4.78 is 5.37. The minimum atomic E-state index is 0.920. The van der Waals surface area contributed by atoms with Gasteiger partial charge in [-0.05, 0) is 18.6 Å². The second kappa shape index (κ2) is 4.30. The minimum absolute atomic E-state index is 0.920. The van der Waals surface area contributed by atoms with Gasteiger partial charge in [0.25, 0.3) is 0 Å². The summed E-state index contributed by atoms with van der Waals surface area (Å²) >= 11 is 0. The summed E-state index contributed by atoms with van der Waals surface area (Å²) in [5.74, 6) is 0.920. The van der Waals surface area contributed by atoms with E-state index in [1.54, 1.807) is 7.11 Å². The molecule has 0 atom stereocenters. The van der Waals surface area contributed by atoms with Crippen LogP contribution in [0.5, 0.6) is 5.75 Å². The van der Waals surface area contributed by atoms with E-state index in [1.165, 1.54) is 0 Å². The maximum absolute atomic E-state index is 5.37. The van der Waals surface area contributed by atoms with Gasteiger partial charge >= 0.3 is 0 Å². The first kappa shape index (κ1) is 9.97. The molecule has 0 fully saturated rings. The highest BCUT2D eigenvalue weighted by Crippen LogP contribution is 2.25. The number of fused-ring (bicyclic) bond motifs is 1. The molecule has 0 unspecified atom stereocenters. The van der Waals surface area contributed by atoms with Crippen molar-refractivity contribution in [3.8, 4) is 5.75 Å². The number of hydrogen-bond donors (Lipinski definition) is 0. The lowest BCUT2D eigenvalue weighted by atomic mass is 10.1. The molecule has 0 spiro atoms. The highest BCUT2D eigenvalue weighted by atomic mass is 16.5. The van der Waals surface area contributed by atoms with E-state index in [9.17, 15) is 0 Å². The molecule has 2 rings (SSSR count). The van der Waals surface area contributed by atoms with Crippen LogP contribution in [0.2, 0.25) is 0 Å². The second-order valence-electron chi connectivity index (χ2n) is 3.58. The van der Waals surface area contributed by atoms with Gasteiger partial charge in [-0.15, -0.1) is 0 Å². The SMILES string of the molecule is CCCc1cc(OC)c2ccccc2n1. The Kier molecular flexibility index (Phi) is 2.86. The van der Waals surface area contributed by atoms with E-state index >= 15 is 0 Å². The molecule has 1 heterocycles. The maximum Gasteiger partial charge on any atom is 0.130 e. The maximum atomic E-state index is 5.37. The Morgan fingerprint density at radius 2 is 2.07 bits per heavy atom. The van der Waals surface area contributed by atoms with E-state index in [1.807, 2.05) is 30.3 Å². The van der Waals surface area contributed by atoms with Crippen molar-refractivity contribution < 1.29 is 4.74 Å². The van der Waals surface area contributed by atoms with Gasteiger partial charge in [-0.3, -0.25) is 4.98 Å². The van der Waals surface area contributed by atoms with Crippen molar-refractivity contribution in [3.63, 3.8) is 0 Å². The molecule has 15 heavy (non-hydrogen) atoms. The smallest absolute Gasteiger partial charge is 0.130 e. The van der Waals surface area contributed by atoms with Crippen LogP contribution in [-0.2, 0) is 6.42 Å². The van der Waals surface area contributed by atoms with E-state index in [4.69, 9.17) is 4.74 Å². The summed E-state index contributed by atoms with van der Waals surface area (Å²) in [6.07, 6.45) is 2.11. The molecule has 0 aliphatic heterocycles. The molecular formula is C13H15NO. The zero-order chi connectivity index (χ0) is 10.7. The Labute approximate surface area is 89.9 Å². The third-order valence-electron chi connectivity index (χ3n) is 2.46. The molecule has 0 amide bonds. The van der Waals surface area contributed by atoms with Gasteiger partial charge in [0.05, 0.1) is 12.6 Å². The van der Waals surface area contributed by atoms with Gasteiger partial charge in [0.1, 0.15) is 5.75 Å². The predicted molar refractivity (Wildman–Crippen MR) is 62.3 cm³/mol. The molecule has 1 aromatic carbocycles. The number of methoxy groups -OCH3 is 1. The molecule has 0 aliphatic rings. The molecule has 0 radical (unpaired) electrons. The number of para-hydroxylation sites is 1. The highest BCUT2D eigenvalue weighted by Gasteiger charge is 2.04. The van der Waals surface area contributed by atoms with E-state index in [2.05, 4.69) is 11.9 Å². The summed E-state index contributed by atoms with van der Waals surface area (Å²) in [5.41, 5.74) is 2.12. The minimum Gasteiger partial charge on any atom is -0.496 e. The third-order valence-corrected chi connectivity index (χ3v) is 2.46. The Morgan fingerprint density at radius 1 is 1.27 bits per heavy atom. The molecular weight excluding hydrogens is 186 g/mol. The van der Waals surface area contributed by atoms with Crippen molar-refractivity contribution in [2.75, 3.05) is 7.11 Å². The number of aryl methyl sites for hydroxylation is 1. The Balaban J connectivity index is 2.60. The Hall–Kier alpha value is -1.57. The van der Waals surface area contributed by atoms with E-state index in [-0.39, 0.29) is 0 Å². The summed E-state index contributed by atoms with van der Waals surface area (Å²) in [5, 5.41) is 1.08. The van der Waals surface area contributed by atoms with Crippen LogP contribution in [0.4, 0.5) is 0 Å². The van der Waals surface area contributed by atoms with Crippen LogP contribution in [0.3, 0.4) is 0 Å². The first-order chi connectivity index (χ1) is 7.35. The van der Waals surface area contributed by atoms with Crippen molar-refractivity contribution in [1.29, 1.82) is 0 Å². The van der Waals surface area contributed by atoms with Gasteiger partial charge < -0.3 is 4.74 Å². The lowest BCUT2D eigenvalue weighted by molar-refractivity contribution is 0.419. The summed E-state index contributed by atoms with van der Waals surface area (Å²) in [7, 11) is 1.71. The normalized spacial score (nSPS) is 10.5. The summed E-state index contributed by atoms with van der Waals surface area (Å²) in [4.78, 5) is 4.59. The number of aromatic nitrogens is 1. The quantitative estimate of drug-likeness (QED) is 0.760. The van der Waals surface area contributed by atoms with Gasteiger partial charge in [0, 0.05) is 17.1 Å². The lowest BCUT2D eigenvalue weighted by Crippen LogP contribution is -1.93.